The van der Waals surface area contributed by atoms with Crippen molar-refractivity contribution in [2.24, 2.45) is 4.99 Å². The first-order valence-corrected chi connectivity index (χ1v) is 12.2. The van der Waals surface area contributed by atoms with Crippen molar-refractivity contribution in [2.75, 3.05) is 23.4 Å². The molecule has 1 heterocycles. The third-order valence-electron chi connectivity index (χ3n) is 3.96. The maximum Gasteiger partial charge on any atom is 0.262 e. The summed E-state index contributed by atoms with van der Waals surface area (Å²) in [5, 5.41) is 2.45. The smallest absolute Gasteiger partial charge is 0.262 e. The van der Waals surface area contributed by atoms with Gasteiger partial charge in [-0.05, 0) is 31.0 Å². The third kappa shape index (κ3) is 6.94. The number of carbonyl (C=O) groups is 1. The van der Waals surface area contributed by atoms with Gasteiger partial charge in [-0.25, -0.2) is 16.8 Å². The van der Waals surface area contributed by atoms with E-state index in [1.54, 1.807) is 0 Å². The van der Waals surface area contributed by atoms with Crippen molar-refractivity contribution in [1.29, 1.82) is 0 Å². The minimum atomic E-state index is -3.80. The Balaban J connectivity index is 2.01. The Labute approximate surface area is 160 Å². The quantitative estimate of drug-likeness (QED) is 0.595. The number of aliphatic imine (C=N–C) groups is 1. The molecule has 0 aliphatic carbocycles. The molecule has 0 unspecified atom stereocenters. The van der Waals surface area contributed by atoms with Gasteiger partial charge in [0, 0.05) is 18.7 Å². The number of hydrogen-bond acceptors (Lipinski definition) is 6. The molecule has 2 N–H and O–H groups in total. The highest BCUT2D eigenvalue weighted by atomic mass is 32.2. The maximum atomic E-state index is 12.4. The molecular formula is C17H25N3O5S2. The van der Waals surface area contributed by atoms with E-state index in [4.69, 9.17) is 0 Å². The normalized spacial score (nSPS) is 14.6. The zero-order chi connectivity index (χ0) is 19.9. The molecule has 27 heavy (non-hydrogen) atoms. The van der Waals surface area contributed by atoms with Gasteiger partial charge in [-0.1, -0.05) is 25.8 Å². The molecular weight excluding hydrogens is 390 g/mol. The largest absolute Gasteiger partial charge is 0.325 e. The lowest BCUT2D eigenvalue weighted by molar-refractivity contribution is -0.113. The van der Waals surface area contributed by atoms with E-state index in [-0.39, 0.29) is 16.3 Å². The van der Waals surface area contributed by atoms with Gasteiger partial charge in [0.2, 0.25) is 5.91 Å². The molecule has 8 nitrogen and oxygen atoms in total. The Morgan fingerprint density at radius 2 is 1.96 bits per heavy atom. The molecule has 0 spiro atoms. The molecule has 1 aromatic rings. The van der Waals surface area contributed by atoms with Gasteiger partial charge in [-0.2, -0.15) is 0 Å². The summed E-state index contributed by atoms with van der Waals surface area (Å²) >= 11 is 0. The number of anilines is 1. The van der Waals surface area contributed by atoms with E-state index in [0.717, 1.165) is 19.3 Å². The highest BCUT2D eigenvalue weighted by Gasteiger charge is 2.20. The molecule has 0 saturated heterocycles. The van der Waals surface area contributed by atoms with Gasteiger partial charge in [0.25, 0.3) is 10.0 Å². The molecule has 0 atom stereocenters. The highest BCUT2D eigenvalue weighted by molar-refractivity contribution is 7.92. The first-order chi connectivity index (χ1) is 12.7. The number of amides is 1. The van der Waals surface area contributed by atoms with Crippen LogP contribution in [0.2, 0.25) is 0 Å². The van der Waals surface area contributed by atoms with Crippen LogP contribution in [0.3, 0.4) is 0 Å². The molecule has 0 fully saturated rings. The lowest BCUT2D eigenvalue weighted by atomic mass is 10.3. The Morgan fingerprint density at radius 1 is 1.19 bits per heavy atom. The van der Waals surface area contributed by atoms with Crippen molar-refractivity contribution in [3.05, 3.63) is 24.3 Å². The van der Waals surface area contributed by atoms with Gasteiger partial charge in [0.1, 0.15) is 11.6 Å². The second-order valence-electron chi connectivity index (χ2n) is 6.41. The molecule has 0 radical (unpaired) electrons. The van der Waals surface area contributed by atoms with Crippen LogP contribution in [0.4, 0.5) is 5.69 Å². The molecule has 10 heteroatoms. The number of nitrogens with zero attached hydrogens (tertiary/aromatic N) is 1. The fourth-order valence-electron chi connectivity index (χ4n) is 2.62. The number of unbranched alkanes of at least 4 members (excludes halogenated alkanes) is 2. The minimum Gasteiger partial charge on any atom is -0.325 e. The fraction of sp³-hybridized carbons (Fsp3) is 0.529. The van der Waals surface area contributed by atoms with Crippen molar-refractivity contribution in [3.8, 4) is 0 Å². The van der Waals surface area contributed by atoms with Crippen molar-refractivity contribution in [1.82, 2.24) is 4.72 Å². The second kappa shape index (κ2) is 9.32. The molecule has 2 rings (SSSR count). The van der Waals surface area contributed by atoms with E-state index in [1.165, 1.54) is 24.3 Å². The van der Waals surface area contributed by atoms with Crippen LogP contribution in [0.1, 0.15) is 39.0 Å². The van der Waals surface area contributed by atoms with Gasteiger partial charge in [-0.3, -0.25) is 14.5 Å². The summed E-state index contributed by atoms with van der Waals surface area (Å²) in [7, 11) is -7.29. The summed E-state index contributed by atoms with van der Waals surface area (Å²) in [6.07, 6.45) is 3.59. The molecule has 0 saturated carbocycles. The molecule has 150 valence electrons. The molecule has 0 bridgehead atoms. The fourth-order valence-corrected chi connectivity index (χ4v) is 5.01. The van der Waals surface area contributed by atoms with Crippen LogP contribution in [0.15, 0.2) is 34.2 Å². The first kappa shape index (κ1) is 21.4. The molecule has 1 aliphatic rings. The summed E-state index contributed by atoms with van der Waals surface area (Å²) < 4.78 is 51.1. The number of sulfone groups is 1. The Morgan fingerprint density at radius 3 is 2.63 bits per heavy atom. The lowest BCUT2D eigenvalue weighted by Gasteiger charge is -2.10. The van der Waals surface area contributed by atoms with E-state index in [9.17, 15) is 21.6 Å². The molecule has 0 aromatic heterocycles. The number of hydrogen-bond donors (Lipinski definition) is 2. The number of benzene rings is 1. The summed E-state index contributed by atoms with van der Waals surface area (Å²) in [6, 6.07) is 5.68. The number of sulfonamides is 1. The topological polar surface area (TPSA) is 122 Å². The summed E-state index contributed by atoms with van der Waals surface area (Å²) in [6.45, 7) is 2.56. The summed E-state index contributed by atoms with van der Waals surface area (Å²) in [4.78, 5) is 16.1. The predicted molar refractivity (Wildman–Crippen MR) is 105 cm³/mol. The van der Waals surface area contributed by atoms with Crippen LogP contribution < -0.4 is 10.0 Å². The Kier molecular flexibility index (Phi) is 7.37. The van der Waals surface area contributed by atoms with Crippen molar-refractivity contribution in [3.63, 3.8) is 0 Å². The van der Waals surface area contributed by atoms with Gasteiger partial charge < -0.3 is 5.32 Å². The molecule has 1 aromatic carbocycles. The predicted octanol–water partition coefficient (Wildman–Crippen LogP) is 1.70. The van der Waals surface area contributed by atoms with Crippen LogP contribution in [0.5, 0.6) is 0 Å². The maximum absolute atomic E-state index is 12.4. The summed E-state index contributed by atoms with van der Waals surface area (Å²) in [5.41, 5.74) is 0.222. The Bertz CT molecular complexity index is 908. The molecule has 1 aliphatic heterocycles. The zero-order valence-electron chi connectivity index (χ0n) is 15.3. The van der Waals surface area contributed by atoms with Crippen molar-refractivity contribution < 1.29 is 21.6 Å². The SMILES string of the molecule is CCCCCS(=O)(=O)CC(=O)Nc1cccc(S(=O)(=O)NC2=NCCC2)c1. The van der Waals surface area contributed by atoms with Gasteiger partial charge in [0.15, 0.2) is 9.84 Å². The van der Waals surface area contributed by atoms with Crippen LogP contribution in [-0.4, -0.2) is 46.6 Å². The van der Waals surface area contributed by atoms with Crippen molar-refractivity contribution >= 4 is 37.3 Å². The van der Waals surface area contributed by atoms with Gasteiger partial charge in [-0.15, -0.1) is 0 Å². The van der Waals surface area contributed by atoms with Gasteiger partial charge >= 0.3 is 0 Å². The average Bonchev–Trinajstić information content (AvgIpc) is 3.06. The number of rotatable bonds is 9. The lowest BCUT2D eigenvalue weighted by Crippen LogP contribution is -2.29. The van der Waals surface area contributed by atoms with Crippen LogP contribution in [0.25, 0.3) is 0 Å². The standard InChI is InChI=1S/C17H25N3O5S2/c1-2-3-4-11-26(22,23)13-17(21)19-14-7-5-8-15(12-14)27(24,25)20-16-9-6-10-18-16/h5,7-8,12H,2-4,6,9-11,13H2,1H3,(H,18,20)(H,19,21). The Hall–Kier alpha value is -1.94. The number of nitrogens with one attached hydrogen (secondary N) is 2. The van der Waals surface area contributed by atoms with E-state index >= 15 is 0 Å². The number of carbonyl (C=O) groups excluding carboxylic acids is 1. The van der Waals surface area contributed by atoms with E-state index in [1.807, 2.05) is 6.92 Å². The first-order valence-electron chi connectivity index (χ1n) is 8.88. The van der Waals surface area contributed by atoms with E-state index in [0.29, 0.717) is 25.2 Å². The highest BCUT2D eigenvalue weighted by Crippen LogP contribution is 2.16. The monoisotopic (exact) mass is 415 g/mol. The van der Waals surface area contributed by atoms with Crippen molar-refractivity contribution in [2.45, 2.75) is 43.9 Å². The van der Waals surface area contributed by atoms with Gasteiger partial charge in [0.05, 0.1) is 10.6 Å². The van der Waals surface area contributed by atoms with Crippen LogP contribution >= 0.6 is 0 Å². The zero-order valence-corrected chi connectivity index (χ0v) is 16.9. The third-order valence-corrected chi connectivity index (χ3v) is 6.96. The minimum absolute atomic E-state index is 0.0271. The number of amidine groups is 1. The molecule has 1 amide bonds. The van der Waals surface area contributed by atoms with E-state index in [2.05, 4.69) is 15.0 Å². The van der Waals surface area contributed by atoms with E-state index < -0.39 is 31.5 Å². The average molecular weight is 416 g/mol. The van der Waals surface area contributed by atoms with Crippen LogP contribution in [0, 0.1) is 0 Å². The summed E-state index contributed by atoms with van der Waals surface area (Å²) in [5.74, 6) is -0.922. The van der Waals surface area contributed by atoms with Crippen LogP contribution in [-0.2, 0) is 24.7 Å². The second-order valence-corrected chi connectivity index (χ2v) is 10.3.